The zero-order valence-electron chi connectivity index (χ0n) is 12.4. The van der Waals surface area contributed by atoms with Crippen LogP contribution in [-0.4, -0.2) is 19.6 Å². The largest absolute Gasteiger partial charge is 0.467 e. The number of methoxy groups -OCH3 is 1. The fourth-order valence-corrected chi connectivity index (χ4v) is 2.41. The van der Waals surface area contributed by atoms with E-state index in [-0.39, 0.29) is 5.97 Å². The second kappa shape index (κ2) is 7.29. The Bertz CT molecular complexity index is 389. The van der Waals surface area contributed by atoms with Crippen LogP contribution in [0.1, 0.15) is 39.2 Å². The van der Waals surface area contributed by atoms with Crippen LogP contribution in [0.3, 0.4) is 0 Å². The fraction of sp³-hybridized carbons (Fsp3) is 0.562. The summed E-state index contributed by atoms with van der Waals surface area (Å²) < 4.78 is 5.07. The summed E-state index contributed by atoms with van der Waals surface area (Å²) in [7, 11) is 1.45. The van der Waals surface area contributed by atoms with Gasteiger partial charge in [-0.2, -0.15) is 0 Å². The van der Waals surface area contributed by atoms with Gasteiger partial charge in [0.2, 0.25) is 0 Å². The third kappa shape index (κ3) is 3.80. The fourth-order valence-electron chi connectivity index (χ4n) is 2.41. The molecule has 0 aliphatic rings. The number of nitrogens with one attached hydrogen (secondary N) is 1. The third-order valence-corrected chi connectivity index (χ3v) is 3.19. The van der Waals surface area contributed by atoms with Crippen molar-refractivity contribution in [3.8, 4) is 0 Å². The molecule has 3 nitrogen and oxygen atoms in total. The summed E-state index contributed by atoms with van der Waals surface area (Å²) in [5, 5.41) is 3.41. The highest BCUT2D eigenvalue weighted by atomic mass is 16.5. The van der Waals surface area contributed by atoms with Crippen molar-refractivity contribution in [1.82, 2.24) is 5.32 Å². The minimum Gasteiger partial charge on any atom is -0.467 e. The second-order valence-electron chi connectivity index (χ2n) is 5.29. The molecule has 0 bridgehead atoms. The van der Waals surface area contributed by atoms with Crippen LogP contribution in [0.2, 0.25) is 0 Å². The molecule has 0 radical (unpaired) electrons. The maximum Gasteiger partial charge on any atom is 0.330 e. The predicted molar refractivity (Wildman–Crippen MR) is 77.9 cm³/mol. The molecule has 0 aliphatic heterocycles. The molecule has 0 saturated carbocycles. The molecular formula is C16H25NO2. The van der Waals surface area contributed by atoms with Gasteiger partial charge >= 0.3 is 5.97 Å². The standard InChI is InChI=1S/C16H25NO2/c1-5-11-17-16(12-13(2)3,15(18)19-4)14-9-7-6-8-10-14/h6-10,13,17H,5,11-12H2,1-4H3. The topological polar surface area (TPSA) is 38.3 Å². The molecule has 0 spiro atoms. The molecule has 0 amide bonds. The Morgan fingerprint density at radius 2 is 1.95 bits per heavy atom. The number of rotatable bonds is 7. The van der Waals surface area contributed by atoms with Crippen LogP contribution in [0.25, 0.3) is 0 Å². The lowest BCUT2D eigenvalue weighted by Crippen LogP contribution is -2.51. The zero-order chi connectivity index (χ0) is 14.3. The van der Waals surface area contributed by atoms with Crippen LogP contribution < -0.4 is 5.32 Å². The van der Waals surface area contributed by atoms with E-state index in [1.54, 1.807) is 0 Å². The summed E-state index contributed by atoms with van der Waals surface area (Å²) in [4.78, 5) is 12.4. The quantitative estimate of drug-likeness (QED) is 0.768. The first-order valence-corrected chi connectivity index (χ1v) is 6.95. The van der Waals surface area contributed by atoms with Crippen molar-refractivity contribution in [2.24, 2.45) is 5.92 Å². The number of carbonyl (C=O) groups is 1. The summed E-state index contributed by atoms with van der Waals surface area (Å²) in [6.45, 7) is 7.12. The molecule has 1 atom stereocenters. The van der Waals surface area contributed by atoms with Gasteiger partial charge in [-0.3, -0.25) is 5.32 Å². The molecule has 1 aromatic carbocycles. The molecule has 1 aromatic rings. The maximum absolute atomic E-state index is 12.4. The maximum atomic E-state index is 12.4. The predicted octanol–water partition coefficient (Wildman–Crippen LogP) is 3.10. The zero-order valence-corrected chi connectivity index (χ0v) is 12.4. The average molecular weight is 263 g/mol. The van der Waals surface area contributed by atoms with Crippen molar-refractivity contribution in [3.63, 3.8) is 0 Å². The Labute approximate surface area is 116 Å². The van der Waals surface area contributed by atoms with E-state index in [1.165, 1.54) is 7.11 Å². The van der Waals surface area contributed by atoms with Crippen molar-refractivity contribution in [1.29, 1.82) is 0 Å². The van der Waals surface area contributed by atoms with Crippen molar-refractivity contribution < 1.29 is 9.53 Å². The summed E-state index contributed by atoms with van der Waals surface area (Å²) in [6.07, 6.45) is 1.70. The molecular weight excluding hydrogens is 238 g/mol. The normalized spacial score (nSPS) is 14.2. The van der Waals surface area contributed by atoms with Crippen LogP contribution in [-0.2, 0) is 15.1 Å². The first kappa shape index (κ1) is 15.7. The number of hydrogen-bond acceptors (Lipinski definition) is 3. The first-order valence-electron chi connectivity index (χ1n) is 6.95. The van der Waals surface area contributed by atoms with Crippen molar-refractivity contribution in [3.05, 3.63) is 35.9 Å². The highest BCUT2D eigenvalue weighted by molar-refractivity contribution is 5.82. The van der Waals surface area contributed by atoms with E-state index in [4.69, 9.17) is 4.74 Å². The summed E-state index contributed by atoms with van der Waals surface area (Å²) >= 11 is 0. The minimum atomic E-state index is -0.736. The van der Waals surface area contributed by atoms with E-state index < -0.39 is 5.54 Å². The Balaban J connectivity index is 3.21. The van der Waals surface area contributed by atoms with E-state index in [0.29, 0.717) is 5.92 Å². The number of carbonyl (C=O) groups excluding carboxylic acids is 1. The van der Waals surface area contributed by atoms with Crippen LogP contribution in [0, 0.1) is 5.92 Å². The van der Waals surface area contributed by atoms with Crippen molar-refractivity contribution in [2.45, 2.75) is 39.2 Å². The van der Waals surface area contributed by atoms with E-state index in [1.807, 2.05) is 30.3 Å². The van der Waals surface area contributed by atoms with Crippen LogP contribution in [0.4, 0.5) is 0 Å². The van der Waals surface area contributed by atoms with Gasteiger partial charge in [0.1, 0.15) is 5.54 Å². The molecule has 106 valence electrons. The highest BCUT2D eigenvalue weighted by Crippen LogP contribution is 2.30. The monoisotopic (exact) mass is 263 g/mol. The van der Waals surface area contributed by atoms with E-state index >= 15 is 0 Å². The Morgan fingerprint density at radius 3 is 2.42 bits per heavy atom. The lowest BCUT2D eigenvalue weighted by Gasteiger charge is -2.34. The second-order valence-corrected chi connectivity index (χ2v) is 5.29. The van der Waals surface area contributed by atoms with Gasteiger partial charge in [-0.25, -0.2) is 4.79 Å². The van der Waals surface area contributed by atoms with Gasteiger partial charge in [0.15, 0.2) is 0 Å². The van der Waals surface area contributed by atoms with Crippen molar-refractivity contribution in [2.75, 3.05) is 13.7 Å². The lowest BCUT2D eigenvalue weighted by atomic mass is 9.82. The Kier molecular flexibility index (Phi) is 6.03. The molecule has 1 N–H and O–H groups in total. The molecule has 0 aromatic heterocycles. The molecule has 0 fully saturated rings. The summed E-state index contributed by atoms with van der Waals surface area (Å²) in [6, 6.07) is 9.85. The highest BCUT2D eigenvalue weighted by Gasteiger charge is 2.41. The van der Waals surface area contributed by atoms with E-state index in [0.717, 1.165) is 24.9 Å². The van der Waals surface area contributed by atoms with Gasteiger partial charge in [-0.15, -0.1) is 0 Å². The van der Waals surface area contributed by atoms with Crippen molar-refractivity contribution >= 4 is 5.97 Å². The third-order valence-electron chi connectivity index (χ3n) is 3.19. The van der Waals surface area contributed by atoms with Gasteiger partial charge in [0.05, 0.1) is 7.11 Å². The number of ether oxygens (including phenoxy) is 1. The summed E-state index contributed by atoms with van der Waals surface area (Å²) in [5.74, 6) is 0.185. The van der Waals surface area contributed by atoms with Crippen LogP contribution in [0.5, 0.6) is 0 Å². The molecule has 0 aliphatic carbocycles. The van der Waals surface area contributed by atoms with E-state index in [2.05, 4.69) is 26.1 Å². The SMILES string of the molecule is CCCNC(CC(C)C)(C(=O)OC)c1ccccc1. The molecule has 1 unspecified atom stereocenters. The average Bonchev–Trinajstić information content (AvgIpc) is 2.43. The van der Waals surface area contributed by atoms with Gasteiger partial charge in [0, 0.05) is 0 Å². The number of hydrogen-bond donors (Lipinski definition) is 1. The molecule has 1 rings (SSSR count). The minimum absolute atomic E-state index is 0.208. The molecule has 0 heterocycles. The lowest BCUT2D eigenvalue weighted by molar-refractivity contribution is -0.150. The van der Waals surface area contributed by atoms with Crippen LogP contribution >= 0.6 is 0 Å². The first-order chi connectivity index (χ1) is 9.06. The van der Waals surface area contributed by atoms with Gasteiger partial charge in [-0.05, 0) is 30.9 Å². The summed E-state index contributed by atoms with van der Waals surface area (Å²) in [5.41, 5.74) is 0.240. The van der Waals surface area contributed by atoms with Gasteiger partial charge in [-0.1, -0.05) is 51.1 Å². The van der Waals surface area contributed by atoms with Crippen LogP contribution in [0.15, 0.2) is 30.3 Å². The number of esters is 1. The van der Waals surface area contributed by atoms with Gasteiger partial charge in [0.25, 0.3) is 0 Å². The Morgan fingerprint density at radius 1 is 1.32 bits per heavy atom. The molecule has 3 heteroatoms. The smallest absolute Gasteiger partial charge is 0.330 e. The van der Waals surface area contributed by atoms with Gasteiger partial charge < -0.3 is 4.74 Å². The molecule has 0 saturated heterocycles. The number of benzene rings is 1. The molecule has 19 heavy (non-hydrogen) atoms. The van der Waals surface area contributed by atoms with E-state index in [9.17, 15) is 4.79 Å². The Hall–Kier alpha value is -1.35.